The highest BCUT2D eigenvalue weighted by Gasteiger charge is 2.09. The molecule has 0 aliphatic heterocycles. The molecule has 3 aromatic carbocycles. The Balaban J connectivity index is 1.40. The van der Waals surface area contributed by atoms with Crippen molar-refractivity contribution < 1.29 is 14.3 Å². The molecule has 3 rings (SSSR count). The maximum Gasteiger partial charge on any atom is 0.316 e. The fourth-order valence-electron chi connectivity index (χ4n) is 2.49. The quantitative estimate of drug-likeness (QED) is 0.471. The number of ether oxygens (including phenoxy) is 1. The number of fused-ring (bicyclic) bond motifs is 1. The largest absolute Gasteiger partial charge is 0.455 e. The third kappa shape index (κ3) is 6.01. The third-order valence-corrected chi connectivity index (χ3v) is 5.02. The highest BCUT2D eigenvalue weighted by Crippen LogP contribution is 2.23. The summed E-state index contributed by atoms with van der Waals surface area (Å²) in [7, 11) is 0. The van der Waals surface area contributed by atoms with Crippen molar-refractivity contribution >= 4 is 46.0 Å². The number of esters is 1. The number of hydrogen-bond donors (Lipinski definition) is 1. The summed E-state index contributed by atoms with van der Waals surface area (Å²) in [6, 6.07) is 21.3. The summed E-state index contributed by atoms with van der Waals surface area (Å²) in [6.45, 7) is 0.0421. The zero-order valence-electron chi connectivity index (χ0n) is 14.5. The van der Waals surface area contributed by atoms with Crippen molar-refractivity contribution in [3.8, 4) is 0 Å². The Kier molecular flexibility index (Phi) is 6.74. The molecule has 0 fully saturated rings. The molecule has 0 unspecified atom stereocenters. The van der Waals surface area contributed by atoms with E-state index in [1.54, 1.807) is 12.1 Å². The van der Waals surface area contributed by atoms with E-state index in [0.29, 0.717) is 11.6 Å². The van der Waals surface area contributed by atoms with E-state index in [9.17, 15) is 9.59 Å². The van der Waals surface area contributed by atoms with Crippen LogP contribution in [0.1, 0.15) is 5.56 Å². The van der Waals surface area contributed by atoms with Crippen molar-refractivity contribution in [2.24, 2.45) is 0 Å². The van der Waals surface area contributed by atoms with E-state index < -0.39 is 5.97 Å². The van der Waals surface area contributed by atoms with E-state index in [-0.39, 0.29) is 18.3 Å². The van der Waals surface area contributed by atoms with Crippen molar-refractivity contribution in [1.29, 1.82) is 0 Å². The van der Waals surface area contributed by atoms with E-state index in [0.717, 1.165) is 21.2 Å². The van der Waals surface area contributed by atoms with Gasteiger partial charge < -0.3 is 10.1 Å². The molecule has 0 radical (unpaired) electrons. The molecular formula is C21H18ClNO3S. The Morgan fingerprint density at radius 2 is 1.78 bits per heavy atom. The lowest BCUT2D eigenvalue weighted by Crippen LogP contribution is -2.28. The van der Waals surface area contributed by atoms with Crippen LogP contribution in [-0.2, 0) is 20.9 Å². The van der Waals surface area contributed by atoms with Gasteiger partial charge in [0, 0.05) is 16.5 Å². The van der Waals surface area contributed by atoms with Gasteiger partial charge in [-0.15, -0.1) is 11.8 Å². The van der Waals surface area contributed by atoms with Gasteiger partial charge in [-0.05, 0) is 40.6 Å². The van der Waals surface area contributed by atoms with Crippen LogP contribution in [0.15, 0.2) is 71.6 Å². The molecule has 4 nitrogen and oxygen atoms in total. The molecule has 6 heteroatoms. The highest BCUT2D eigenvalue weighted by atomic mass is 35.5. The van der Waals surface area contributed by atoms with Crippen LogP contribution in [0, 0.1) is 0 Å². The molecule has 0 spiro atoms. The van der Waals surface area contributed by atoms with Crippen molar-refractivity contribution in [2.45, 2.75) is 11.4 Å². The lowest BCUT2D eigenvalue weighted by Gasteiger charge is -2.07. The average molecular weight is 400 g/mol. The number of amides is 1. The fourth-order valence-corrected chi connectivity index (χ4v) is 3.44. The molecule has 27 heavy (non-hydrogen) atoms. The smallest absolute Gasteiger partial charge is 0.316 e. The molecule has 1 N–H and O–H groups in total. The maximum atomic E-state index is 11.9. The van der Waals surface area contributed by atoms with Crippen LogP contribution in [-0.4, -0.2) is 24.2 Å². The molecule has 0 heterocycles. The average Bonchev–Trinajstić information content (AvgIpc) is 2.69. The maximum absolute atomic E-state index is 11.9. The number of thioether (sulfide) groups is 1. The van der Waals surface area contributed by atoms with E-state index >= 15 is 0 Å². The van der Waals surface area contributed by atoms with Crippen molar-refractivity contribution in [1.82, 2.24) is 5.32 Å². The molecule has 0 aromatic heterocycles. The number of carbonyl (C=O) groups excluding carboxylic acids is 2. The zero-order valence-corrected chi connectivity index (χ0v) is 16.1. The summed E-state index contributed by atoms with van der Waals surface area (Å²) in [5, 5.41) is 5.58. The Labute approximate surface area is 166 Å². The van der Waals surface area contributed by atoms with Gasteiger partial charge in [-0.2, -0.15) is 0 Å². The van der Waals surface area contributed by atoms with Gasteiger partial charge >= 0.3 is 5.97 Å². The van der Waals surface area contributed by atoms with E-state index in [1.807, 2.05) is 54.6 Å². The van der Waals surface area contributed by atoms with Crippen molar-refractivity contribution in [3.05, 3.63) is 77.3 Å². The lowest BCUT2D eigenvalue weighted by atomic mass is 10.1. The number of rotatable bonds is 7. The molecule has 138 valence electrons. The fraction of sp³-hybridized carbons (Fsp3) is 0.143. The Morgan fingerprint density at radius 3 is 2.59 bits per heavy atom. The Bertz CT molecular complexity index is 961. The van der Waals surface area contributed by atoms with Crippen LogP contribution in [0.5, 0.6) is 0 Å². The predicted octanol–water partition coefficient (Wildman–Crippen LogP) is 4.44. The third-order valence-electron chi connectivity index (χ3n) is 3.82. The summed E-state index contributed by atoms with van der Waals surface area (Å²) in [5.74, 6) is -0.620. The molecule has 3 aromatic rings. The first-order valence-electron chi connectivity index (χ1n) is 8.38. The van der Waals surface area contributed by atoms with Gasteiger partial charge in [0.25, 0.3) is 5.91 Å². The van der Waals surface area contributed by atoms with Crippen molar-refractivity contribution in [3.63, 3.8) is 0 Å². The van der Waals surface area contributed by atoms with Crippen LogP contribution >= 0.6 is 23.4 Å². The number of halogens is 1. The van der Waals surface area contributed by atoms with Crippen LogP contribution < -0.4 is 5.32 Å². The second-order valence-corrected chi connectivity index (χ2v) is 7.35. The predicted molar refractivity (Wildman–Crippen MR) is 109 cm³/mol. The highest BCUT2D eigenvalue weighted by molar-refractivity contribution is 8.00. The monoisotopic (exact) mass is 399 g/mol. The molecule has 1 amide bonds. The van der Waals surface area contributed by atoms with Gasteiger partial charge in [0.15, 0.2) is 6.61 Å². The number of carbonyl (C=O) groups is 2. The molecule has 0 atom stereocenters. The molecule has 0 bridgehead atoms. The second kappa shape index (κ2) is 9.44. The van der Waals surface area contributed by atoms with E-state index in [1.165, 1.54) is 11.8 Å². The second-order valence-electron chi connectivity index (χ2n) is 5.86. The van der Waals surface area contributed by atoms with Crippen LogP contribution in [0.2, 0.25) is 5.02 Å². The van der Waals surface area contributed by atoms with Gasteiger partial charge in [-0.25, -0.2) is 0 Å². The topological polar surface area (TPSA) is 55.4 Å². The van der Waals surface area contributed by atoms with Gasteiger partial charge in [-0.1, -0.05) is 54.1 Å². The normalized spacial score (nSPS) is 10.6. The number of hydrogen-bond acceptors (Lipinski definition) is 4. The first-order valence-corrected chi connectivity index (χ1v) is 9.75. The first kappa shape index (κ1) is 19.3. The van der Waals surface area contributed by atoms with Gasteiger partial charge in [0.2, 0.25) is 0 Å². The SMILES string of the molecule is O=C(COC(=O)CSc1ccc2ccccc2c1)NCc1cccc(Cl)c1. The summed E-state index contributed by atoms with van der Waals surface area (Å²) in [6.07, 6.45) is 0. The molecule has 0 aliphatic rings. The van der Waals surface area contributed by atoms with E-state index in [4.69, 9.17) is 16.3 Å². The van der Waals surface area contributed by atoms with Crippen LogP contribution in [0.25, 0.3) is 10.8 Å². The minimum absolute atomic E-state index is 0.153. The standard InChI is InChI=1S/C21H18ClNO3S/c22-18-7-3-4-15(10-18)12-23-20(24)13-26-21(25)14-27-19-9-8-16-5-1-2-6-17(16)11-19/h1-11H,12-14H2,(H,23,24). The lowest BCUT2D eigenvalue weighted by molar-refractivity contribution is -0.145. The number of nitrogens with one attached hydrogen (secondary N) is 1. The molecular weight excluding hydrogens is 382 g/mol. The summed E-state index contributed by atoms with van der Waals surface area (Å²) in [5.41, 5.74) is 0.883. The van der Waals surface area contributed by atoms with Crippen molar-refractivity contribution in [2.75, 3.05) is 12.4 Å². The van der Waals surface area contributed by atoms with Gasteiger partial charge in [0.05, 0.1) is 5.75 Å². The summed E-state index contributed by atoms with van der Waals surface area (Å²) in [4.78, 5) is 24.6. The minimum Gasteiger partial charge on any atom is -0.455 e. The number of benzene rings is 3. The van der Waals surface area contributed by atoms with Gasteiger partial charge in [-0.3, -0.25) is 9.59 Å². The Hall–Kier alpha value is -2.50. The summed E-state index contributed by atoms with van der Waals surface area (Å²) < 4.78 is 5.03. The Morgan fingerprint density at radius 1 is 0.963 bits per heavy atom. The zero-order chi connectivity index (χ0) is 19.1. The van der Waals surface area contributed by atoms with E-state index in [2.05, 4.69) is 5.32 Å². The van der Waals surface area contributed by atoms with Crippen LogP contribution in [0.4, 0.5) is 0 Å². The van der Waals surface area contributed by atoms with Gasteiger partial charge in [0.1, 0.15) is 0 Å². The molecule has 0 aliphatic carbocycles. The molecule has 0 saturated heterocycles. The first-order chi connectivity index (χ1) is 13.1. The minimum atomic E-state index is -0.425. The summed E-state index contributed by atoms with van der Waals surface area (Å²) >= 11 is 7.28. The van der Waals surface area contributed by atoms with Crippen LogP contribution in [0.3, 0.4) is 0 Å². The molecule has 0 saturated carbocycles.